The number of imidazole rings is 1. The summed E-state index contributed by atoms with van der Waals surface area (Å²) >= 11 is 12.0. The molecule has 6 rings (SSSR count). The SMILES string of the molecule is CC(C)(C)OC(=O)NC1CCC(Nc2nc(N3CCc4cc(NC(=O)Nc5ccc(Cl)c(Cl)c5)ccc43)c3ncn(C(=O)O)c3n2)CC1. The zero-order valence-electron chi connectivity index (χ0n) is 26.5. The van der Waals surface area contributed by atoms with Crippen LogP contribution in [0.1, 0.15) is 52.0 Å². The van der Waals surface area contributed by atoms with Gasteiger partial charge in [-0.2, -0.15) is 9.97 Å². The van der Waals surface area contributed by atoms with E-state index in [4.69, 9.17) is 32.9 Å². The molecule has 0 bridgehead atoms. The Hall–Kier alpha value is -4.82. The lowest BCUT2D eigenvalue weighted by Gasteiger charge is -2.30. The molecule has 1 saturated carbocycles. The standard InChI is InChI=1S/C32H35Cl2N9O5/c1-32(2,3)48-30(45)39-19-6-4-18(5-7-19)36-28-40-26(25-27(41-28)43(16-35-25)31(46)47)42-13-12-17-14-20(9-11-24(17)42)37-29(44)38-21-8-10-22(33)23(34)15-21/h8-11,14-16,18-19H,4-7,12-13H2,1-3H3,(H,39,45)(H,46,47)(H,36,40,41)(H2,37,38,44). The van der Waals surface area contributed by atoms with Crippen molar-refractivity contribution in [1.29, 1.82) is 0 Å². The summed E-state index contributed by atoms with van der Waals surface area (Å²) in [7, 11) is 0. The van der Waals surface area contributed by atoms with Crippen LogP contribution in [0.5, 0.6) is 0 Å². The van der Waals surface area contributed by atoms with Gasteiger partial charge < -0.3 is 36.0 Å². The Kier molecular flexibility index (Phi) is 9.21. The summed E-state index contributed by atoms with van der Waals surface area (Å²) in [6, 6.07) is 9.94. The summed E-state index contributed by atoms with van der Waals surface area (Å²) in [6.07, 6.45) is 3.20. The van der Waals surface area contributed by atoms with E-state index in [2.05, 4.69) is 31.2 Å². The lowest BCUT2D eigenvalue weighted by Crippen LogP contribution is -2.42. The number of carboxylic acid groups (broad SMARTS) is 1. The smallest absolute Gasteiger partial charge is 0.418 e. The number of hydrogen-bond donors (Lipinski definition) is 5. The van der Waals surface area contributed by atoms with Gasteiger partial charge in [0.15, 0.2) is 17.0 Å². The Morgan fingerprint density at radius 2 is 1.62 bits per heavy atom. The molecule has 1 aliphatic heterocycles. The molecule has 16 heteroatoms. The van der Waals surface area contributed by atoms with Crippen LogP contribution in [-0.4, -0.2) is 67.1 Å². The van der Waals surface area contributed by atoms with Crippen molar-refractivity contribution in [3.63, 3.8) is 0 Å². The summed E-state index contributed by atoms with van der Waals surface area (Å²) in [5, 5.41) is 22.5. The number of nitrogens with one attached hydrogen (secondary N) is 4. The van der Waals surface area contributed by atoms with E-state index in [9.17, 15) is 19.5 Å². The first kappa shape index (κ1) is 33.1. The minimum atomic E-state index is -1.21. The number of halogens is 2. The number of anilines is 5. The van der Waals surface area contributed by atoms with E-state index in [1.54, 1.807) is 24.3 Å². The van der Waals surface area contributed by atoms with Gasteiger partial charge in [0.2, 0.25) is 5.95 Å². The Morgan fingerprint density at radius 1 is 0.938 bits per heavy atom. The average Bonchev–Trinajstić information content (AvgIpc) is 3.63. The third-order valence-corrected chi connectivity index (χ3v) is 8.77. The number of ether oxygens (including phenoxy) is 1. The quantitative estimate of drug-likeness (QED) is 0.138. The maximum absolute atomic E-state index is 12.7. The average molecular weight is 697 g/mol. The molecule has 4 aromatic rings. The molecule has 14 nitrogen and oxygen atoms in total. The van der Waals surface area contributed by atoms with Gasteiger partial charge in [-0.05, 0) is 94.8 Å². The molecule has 1 aliphatic carbocycles. The molecule has 2 aromatic heterocycles. The number of benzene rings is 2. The van der Waals surface area contributed by atoms with Crippen LogP contribution in [0.15, 0.2) is 42.7 Å². The zero-order valence-corrected chi connectivity index (χ0v) is 28.0. The van der Waals surface area contributed by atoms with Gasteiger partial charge >= 0.3 is 18.2 Å². The summed E-state index contributed by atoms with van der Waals surface area (Å²) in [6.45, 7) is 6.04. The first-order valence-corrected chi connectivity index (χ1v) is 16.3. The third-order valence-electron chi connectivity index (χ3n) is 8.03. The number of carbonyl (C=O) groups is 3. The lowest BCUT2D eigenvalue weighted by atomic mass is 9.91. The summed E-state index contributed by atoms with van der Waals surface area (Å²) in [4.78, 5) is 52.6. The highest BCUT2D eigenvalue weighted by molar-refractivity contribution is 6.42. The van der Waals surface area contributed by atoms with Crippen molar-refractivity contribution in [3.8, 4) is 0 Å². The van der Waals surface area contributed by atoms with Crippen molar-refractivity contribution in [2.75, 3.05) is 27.4 Å². The minimum absolute atomic E-state index is 0.00667. The molecule has 2 aromatic carbocycles. The van der Waals surface area contributed by atoms with Gasteiger partial charge in [-0.25, -0.2) is 23.9 Å². The highest BCUT2D eigenvalue weighted by Crippen LogP contribution is 2.38. The van der Waals surface area contributed by atoms with Crippen LogP contribution in [0.4, 0.5) is 43.2 Å². The van der Waals surface area contributed by atoms with Crippen LogP contribution in [0.2, 0.25) is 10.0 Å². The van der Waals surface area contributed by atoms with Crippen molar-refractivity contribution in [1.82, 2.24) is 24.8 Å². The van der Waals surface area contributed by atoms with Crippen molar-refractivity contribution in [3.05, 3.63) is 58.3 Å². The number of alkyl carbamates (subject to hydrolysis) is 1. The second-order valence-corrected chi connectivity index (χ2v) is 13.5. The van der Waals surface area contributed by atoms with Crippen LogP contribution in [0.3, 0.4) is 0 Å². The van der Waals surface area contributed by atoms with E-state index < -0.39 is 23.8 Å². The van der Waals surface area contributed by atoms with E-state index in [0.717, 1.165) is 41.5 Å². The second-order valence-electron chi connectivity index (χ2n) is 12.7. The summed E-state index contributed by atoms with van der Waals surface area (Å²) in [5.41, 5.74) is 2.86. The van der Waals surface area contributed by atoms with Crippen LogP contribution < -0.4 is 26.2 Å². The molecule has 0 saturated heterocycles. The van der Waals surface area contributed by atoms with E-state index in [1.165, 1.54) is 6.33 Å². The van der Waals surface area contributed by atoms with Gasteiger partial charge in [0, 0.05) is 35.7 Å². The Labute approximate surface area is 286 Å². The predicted molar refractivity (Wildman–Crippen MR) is 184 cm³/mol. The van der Waals surface area contributed by atoms with Crippen molar-refractivity contribution in [2.24, 2.45) is 0 Å². The maximum atomic E-state index is 12.7. The number of nitrogens with zero attached hydrogens (tertiary/aromatic N) is 5. The molecule has 5 N–H and O–H groups in total. The van der Waals surface area contributed by atoms with Crippen LogP contribution >= 0.6 is 23.2 Å². The molecule has 3 heterocycles. The zero-order chi connectivity index (χ0) is 34.2. The fraction of sp³-hybridized carbons (Fsp3) is 0.375. The fourth-order valence-electron chi connectivity index (χ4n) is 5.88. The molecule has 1 fully saturated rings. The van der Waals surface area contributed by atoms with Gasteiger partial charge in [-0.1, -0.05) is 23.2 Å². The number of carbonyl (C=O) groups excluding carboxylic acids is 2. The molecule has 252 valence electrons. The van der Waals surface area contributed by atoms with Gasteiger partial charge in [0.05, 0.1) is 10.0 Å². The number of fused-ring (bicyclic) bond motifs is 2. The van der Waals surface area contributed by atoms with E-state index in [-0.39, 0.29) is 23.7 Å². The van der Waals surface area contributed by atoms with Crippen molar-refractivity contribution in [2.45, 2.75) is 70.6 Å². The van der Waals surface area contributed by atoms with E-state index in [0.29, 0.717) is 45.7 Å². The van der Waals surface area contributed by atoms with Crippen LogP contribution in [0.25, 0.3) is 11.2 Å². The Bertz CT molecular complexity index is 1890. The number of amides is 3. The lowest BCUT2D eigenvalue weighted by molar-refractivity contribution is 0.0492. The van der Waals surface area contributed by atoms with E-state index >= 15 is 0 Å². The molecule has 0 spiro atoms. The molecule has 2 aliphatic rings. The first-order valence-electron chi connectivity index (χ1n) is 15.5. The highest BCUT2D eigenvalue weighted by Gasteiger charge is 2.29. The first-order chi connectivity index (χ1) is 22.8. The number of rotatable bonds is 6. The van der Waals surface area contributed by atoms with Gasteiger partial charge in [-0.15, -0.1) is 0 Å². The Morgan fingerprint density at radius 3 is 2.31 bits per heavy atom. The topological polar surface area (TPSA) is 176 Å². The van der Waals surface area contributed by atoms with Crippen molar-refractivity contribution >= 4 is 81.4 Å². The predicted octanol–water partition coefficient (Wildman–Crippen LogP) is 7.25. The van der Waals surface area contributed by atoms with Gasteiger partial charge in [0.1, 0.15) is 11.9 Å². The van der Waals surface area contributed by atoms with Crippen LogP contribution in [-0.2, 0) is 11.2 Å². The fourth-order valence-corrected chi connectivity index (χ4v) is 6.18. The molecular formula is C32H35Cl2N9O5. The molecule has 48 heavy (non-hydrogen) atoms. The molecule has 0 unspecified atom stereocenters. The monoisotopic (exact) mass is 695 g/mol. The van der Waals surface area contributed by atoms with Crippen LogP contribution in [0, 0.1) is 0 Å². The Balaban J connectivity index is 1.18. The molecule has 0 atom stereocenters. The maximum Gasteiger partial charge on any atom is 0.418 e. The normalized spacial score (nSPS) is 17.5. The molecule has 3 amide bonds. The van der Waals surface area contributed by atoms with Gasteiger partial charge in [-0.3, -0.25) is 0 Å². The van der Waals surface area contributed by atoms with Gasteiger partial charge in [0.25, 0.3) is 0 Å². The second kappa shape index (κ2) is 13.4. The number of urea groups is 1. The largest absolute Gasteiger partial charge is 0.464 e. The molecular weight excluding hydrogens is 661 g/mol. The number of hydrogen-bond acceptors (Lipinski definition) is 9. The number of aromatic nitrogens is 4. The third kappa shape index (κ3) is 7.50. The summed E-state index contributed by atoms with van der Waals surface area (Å²) < 4.78 is 6.37. The minimum Gasteiger partial charge on any atom is -0.464 e. The van der Waals surface area contributed by atoms with Crippen molar-refractivity contribution < 1.29 is 24.2 Å². The molecule has 0 radical (unpaired) electrons. The summed E-state index contributed by atoms with van der Waals surface area (Å²) in [5.74, 6) is 0.759. The van der Waals surface area contributed by atoms with E-state index in [1.807, 2.05) is 37.8 Å². The highest BCUT2D eigenvalue weighted by atomic mass is 35.5.